The van der Waals surface area contributed by atoms with E-state index in [4.69, 9.17) is 5.73 Å². The number of aryl methyl sites for hydroxylation is 1. The van der Waals surface area contributed by atoms with Crippen molar-refractivity contribution < 1.29 is 0 Å². The van der Waals surface area contributed by atoms with E-state index < -0.39 is 0 Å². The van der Waals surface area contributed by atoms with E-state index in [1.807, 2.05) is 0 Å². The molecule has 1 unspecified atom stereocenters. The highest BCUT2D eigenvalue weighted by Crippen LogP contribution is 2.14. The monoisotopic (exact) mass is 234 g/mol. The molecule has 0 aliphatic carbocycles. The normalized spacial score (nSPS) is 13.0. The number of rotatable bonds is 7. The van der Waals surface area contributed by atoms with Crippen LogP contribution in [-0.4, -0.2) is 24.5 Å². The van der Waals surface area contributed by atoms with Gasteiger partial charge >= 0.3 is 0 Å². The standard InChI is InChI=1S/C15H26N2/c1-4-7-13-8-10-14(11-9-13)15(16)12-17(5-2)6-3/h8-11,15H,4-7,12,16H2,1-3H3. The van der Waals surface area contributed by atoms with E-state index >= 15 is 0 Å². The summed E-state index contributed by atoms with van der Waals surface area (Å²) < 4.78 is 0. The average Bonchev–Trinajstić information content (AvgIpc) is 2.37. The zero-order valence-corrected chi connectivity index (χ0v) is 11.4. The lowest BCUT2D eigenvalue weighted by molar-refractivity contribution is 0.284. The number of nitrogens with two attached hydrogens (primary N) is 1. The summed E-state index contributed by atoms with van der Waals surface area (Å²) in [5.74, 6) is 0. The fourth-order valence-electron chi connectivity index (χ4n) is 2.09. The Hall–Kier alpha value is -0.860. The molecule has 0 amide bonds. The third-order valence-electron chi connectivity index (χ3n) is 3.30. The predicted octanol–water partition coefficient (Wildman–Crippen LogP) is 2.98. The molecule has 96 valence electrons. The molecule has 1 atom stereocenters. The Labute approximate surface area is 106 Å². The van der Waals surface area contributed by atoms with Crippen LogP contribution in [-0.2, 0) is 6.42 Å². The minimum Gasteiger partial charge on any atom is -0.323 e. The molecule has 0 fully saturated rings. The van der Waals surface area contributed by atoms with Crippen molar-refractivity contribution in [3.63, 3.8) is 0 Å². The zero-order chi connectivity index (χ0) is 12.7. The number of hydrogen-bond donors (Lipinski definition) is 1. The molecule has 0 spiro atoms. The lowest BCUT2D eigenvalue weighted by Gasteiger charge is -2.22. The minimum atomic E-state index is 0.130. The van der Waals surface area contributed by atoms with E-state index in [0.717, 1.165) is 26.1 Å². The van der Waals surface area contributed by atoms with Crippen molar-refractivity contribution in [3.8, 4) is 0 Å². The van der Waals surface area contributed by atoms with Gasteiger partial charge < -0.3 is 10.6 Å². The van der Waals surface area contributed by atoms with Crippen molar-refractivity contribution in [2.24, 2.45) is 5.73 Å². The van der Waals surface area contributed by atoms with Crippen LogP contribution in [0.2, 0.25) is 0 Å². The van der Waals surface area contributed by atoms with Gasteiger partial charge in [-0.05, 0) is 30.6 Å². The Morgan fingerprint density at radius 3 is 2.12 bits per heavy atom. The second kappa shape index (κ2) is 7.46. The lowest BCUT2D eigenvalue weighted by Crippen LogP contribution is -2.31. The summed E-state index contributed by atoms with van der Waals surface area (Å²) in [6, 6.07) is 8.91. The van der Waals surface area contributed by atoms with Gasteiger partial charge in [0, 0.05) is 12.6 Å². The van der Waals surface area contributed by atoms with Gasteiger partial charge in [-0.25, -0.2) is 0 Å². The Morgan fingerprint density at radius 1 is 1.06 bits per heavy atom. The molecule has 0 saturated heterocycles. The molecule has 1 aromatic rings. The first-order chi connectivity index (χ1) is 8.21. The van der Waals surface area contributed by atoms with Gasteiger partial charge in [-0.2, -0.15) is 0 Å². The maximum Gasteiger partial charge on any atom is 0.0424 e. The van der Waals surface area contributed by atoms with Gasteiger partial charge in [0.05, 0.1) is 0 Å². The van der Waals surface area contributed by atoms with Crippen LogP contribution >= 0.6 is 0 Å². The number of hydrogen-bond acceptors (Lipinski definition) is 2. The Morgan fingerprint density at radius 2 is 1.65 bits per heavy atom. The van der Waals surface area contributed by atoms with Crippen molar-refractivity contribution in [3.05, 3.63) is 35.4 Å². The SMILES string of the molecule is CCCc1ccc(C(N)CN(CC)CC)cc1. The number of likely N-dealkylation sites (N-methyl/N-ethyl adjacent to an activating group) is 1. The van der Waals surface area contributed by atoms with Crippen LogP contribution in [0.4, 0.5) is 0 Å². The fraction of sp³-hybridized carbons (Fsp3) is 0.600. The Bertz CT molecular complexity index is 301. The summed E-state index contributed by atoms with van der Waals surface area (Å²) in [6.07, 6.45) is 2.36. The van der Waals surface area contributed by atoms with Gasteiger partial charge in [-0.3, -0.25) is 0 Å². The van der Waals surface area contributed by atoms with E-state index in [0.29, 0.717) is 0 Å². The van der Waals surface area contributed by atoms with Gasteiger partial charge in [-0.1, -0.05) is 51.5 Å². The van der Waals surface area contributed by atoms with Crippen molar-refractivity contribution in [2.45, 2.75) is 39.7 Å². The fourth-order valence-corrected chi connectivity index (χ4v) is 2.09. The molecule has 0 heterocycles. The molecule has 0 saturated carbocycles. The maximum absolute atomic E-state index is 6.23. The van der Waals surface area contributed by atoms with Gasteiger partial charge in [0.25, 0.3) is 0 Å². The molecule has 1 rings (SSSR count). The predicted molar refractivity (Wildman–Crippen MR) is 75.2 cm³/mol. The second-order valence-electron chi connectivity index (χ2n) is 4.58. The van der Waals surface area contributed by atoms with E-state index in [2.05, 4.69) is 49.9 Å². The third kappa shape index (κ3) is 4.49. The number of benzene rings is 1. The van der Waals surface area contributed by atoms with Crippen molar-refractivity contribution >= 4 is 0 Å². The van der Waals surface area contributed by atoms with E-state index in [1.165, 1.54) is 17.5 Å². The van der Waals surface area contributed by atoms with Crippen LogP contribution in [0.15, 0.2) is 24.3 Å². The maximum atomic E-state index is 6.23. The molecule has 0 radical (unpaired) electrons. The van der Waals surface area contributed by atoms with Crippen LogP contribution < -0.4 is 5.73 Å². The summed E-state index contributed by atoms with van der Waals surface area (Å²) in [5, 5.41) is 0. The summed E-state index contributed by atoms with van der Waals surface area (Å²) in [4.78, 5) is 2.37. The van der Waals surface area contributed by atoms with Crippen molar-refractivity contribution in [2.75, 3.05) is 19.6 Å². The molecular weight excluding hydrogens is 208 g/mol. The van der Waals surface area contributed by atoms with Crippen LogP contribution in [0.3, 0.4) is 0 Å². The molecule has 0 aromatic heterocycles. The van der Waals surface area contributed by atoms with Gasteiger partial charge in [-0.15, -0.1) is 0 Å². The first kappa shape index (κ1) is 14.2. The van der Waals surface area contributed by atoms with E-state index in [1.54, 1.807) is 0 Å². The smallest absolute Gasteiger partial charge is 0.0424 e. The first-order valence-corrected chi connectivity index (χ1v) is 6.78. The quantitative estimate of drug-likeness (QED) is 0.786. The molecule has 2 N–H and O–H groups in total. The van der Waals surface area contributed by atoms with Crippen LogP contribution in [0.25, 0.3) is 0 Å². The van der Waals surface area contributed by atoms with Gasteiger partial charge in [0.15, 0.2) is 0 Å². The van der Waals surface area contributed by atoms with E-state index in [-0.39, 0.29) is 6.04 Å². The molecule has 0 bridgehead atoms. The summed E-state index contributed by atoms with van der Waals surface area (Å²) in [5.41, 5.74) is 8.88. The van der Waals surface area contributed by atoms with Gasteiger partial charge in [0.1, 0.15) is 0 Å². The molecule has 2 nitrogen and oxygen atoms in total. The number of nitrogens with zero attached hydrogens (tertiary/aromatic N) is 1. The lowest BCUT2D eigenvalue weighted by atomic mass is 10.0. The van der Waals surface area contributed by atoms with Gasteiger partial charge in [0.2, 0.25) is 0 Å². The summed E-state index contributed by atoms with van der Waals surface area (Å²) in [6.45, 7) is 9.65. The van der Waals surface area contributed by atoms with Crippen LogP contribution in [0.1, 0.15) is 44.4 Å². The Balaban J connectivity index is 2.59. The van der Waals surface area contributed by atoms with Crippen molar-refractivity contribution in [1.29, 1.82) is 0 Å². The van der Waals surface area contributed by atoms with Crippen molar-refractivity contribution in [1.82, 2.24) is 4.90 Å². The second-order valence-corrected chi connectivity index (χ2v) is 4.58. The average molecular weight is 234 g/mol. The Kier molecular flexibility index (Phi) is 6.23. The minimum absolute atomic E-state index is 0.130. The highest BCUT2D eigenvalue weighted by Gasteiger charge is 2.09. The highest BCUT2D eigenvalue weighted by atomic mass is 15.1. The largest absolute Gasteiger partial charge is 0.323 e. The molecule has 2 heteroatoms. The van der Waals surface area contributed by atoms with E-state index in [9.17, 15) is 0 Å². The third-order valence-corrected chi connectivity index (χ3v) is 3.30. The van der Waals surface area contributed by atoms with Crippen LogP contribution in [0.5, 0.6) is 0 Å². The zero-order valence-electron chi connectivity index (χ0n) is 11.4. The highest BCUT2D eigenvalue weighted by molar-refractivity contribution is 5.25. The summed E-state index contributed by atoms with van der Waals surface area (Å²) >= 11 is 0. The molecular formula is C15H26N2. The molecule has 0 aliphatic heterocycles. The molecule has 1 aromatic carbocycles. The molecule has 17 heavy (non-hydrogen) atoms. The summed E-state index contributed by atoms with van der Waals surface area (Å²) in [7, 11) is 0. The topological polar surface area (TPSA) is 29.3 Å². The molecule has 0 aliphatic rings. The van der Waals surface area contributed by atoms with Crippen LogP contribution in [0, 0.1) is 0 Å². The first-order valence-electron chi connectivity index (χ1n) is 6.78.